The number of rotatable bonds is 3. The standard InChI is InChI=1S/C20H16N2O2S/c1-13-7-8-15(17(23)9-13)11-22-12-21-20(24)19-16(22)10-18(25-19)14-5-3-2-4-6-14/h2-10,12,23H,11H2,1H3. The van der Waals surface area contributed by atoms with E-state index in [1.54, 1.807) is 12.4 Å². The number of hydrogen-bond acceptors (Lipinski definition) is 4. The highest BCUT2D eigenvalue weighted by molar-refractivity contribution is 7.22. The first-order valence-corrected chi connectivity index (χ1v) is 8.76. The first kappa shape index (κ1) is 15.6. The van der Waals surface area contributed by atoms with Crippen LogP contribution in [0, 0.1) is 6.92 Å². The molecule has 1 N–H and O–H groups in total. The SMILES string of the molecule is Cc1ccc(Cn2cnc(=O)c3sc(-c4ccccc4)cc32)c(O)c1. The number of aromatic nitrogens is 2. The van der Waals surface area contributed by atoms with Crippen LogP contribution >= 0.6 is 11.3 Å². The Morgan fingerprint density at radius 2 is 1.92 bits per heavy atom. The molecule has 0 aliphatic rings. The predicted molar refractivity (Wildman–Crippen MR) is 101 cm³/mol. The highest BCUT2D eigenvalue weighted by Crippen LogP contribution is 2.32. The molecule has 0 saturated carbocycles. The molecule has 0 aliphatic heterocycles. The van der Waals surface area contributed by atoms with E-state index >= 15 is 0 Å². The third-order valence-electron chi connectivity index (χ3n) is 4.17. The van der Waals surface area contributed by atoms with Crippen molar-refractivity contribution in [1.29, 1.82) is 0 Å². The number of hydrogen-bond donors (Lipinski definition) is 1. The lowest BCUT2D eigenvalue weighted by Gasteiger charge is -2.09. The maximum absolute atomic E-state index is 12.2. The number of aromatic hydroxyl groups is 1. The van der Waals surface area contributed by atoms with Gasteiger partial charge in [-0.05, 0) is 30.2 Å². The zero-order valence-electron chi connectivity index (χ0n) is 13.6. The molecule has 4 rings (SSSR count). The number of phenolic OH excluding ortho intramolecular Hbond substituents is 1. The van der Waals surface area contributed by atoms with Crippen molar-refractivity contribution in [3.8, 4) is 16.2 Å². The smallest absolute Gasteiger partial charge is 0.290 e. The second-order valence-electron chi connectivity index (χ2n) is 6.00. The van der Waals surface area contributed by atoms with Crippen molar-refractivity contribution in [2.75, 3.05) is 0 Å². The largest absolute Gasteiger partial charge is 0.508 e. The second-order valence-corrected chi connectivity index (χ2v) is 7.05. The zero-order valence-corrected chi connectivity index (χ0v) is 14.5. The van der Waals surface area contributed by atoms with Gasteiger partial charge in [-0.1, -0.05) is 42.5 Å². The number of benzene rings is 2. The summed E-state index contributed by atoms with van der Waals surface area (Å²) in [5.74, 6) is 0.255. The van der Waals surface area contributed by atoms with Crippen LogP contribution in [-0.2, 0) is 6.54 Å². The van der Waals surface area contributed by atoms with E-state index < -0.39 is 0 Å². The molecule has 2 aromatic heterocycles. The molecule has 0 atom stereocenters. The van der Waals surface area contributed by atoms with Gasteiger partial charge in [-0.25, -0.2) is 0 Å². The van der Waals surface area contributed by atoms with Crippen LogP contribution in [0.2, 0.25) is 0 Å². The van der Waals surface area contributed by atoms with Crippen LogP contribution in [0.1, 0.15) is 11.1 Å². The minimum absolute atomic E-state index is 0.216. The molecule has 4 aromatic rings. The molecule has 0 fully saturated rings. The summed E-state index contributed by atoms with van der Waals surface area (Å²) in [4.78, 5) is 17.2. The number of fused-ring (bicyclic) bond motifs is 1. The first-order valence-electron chi connectivity index (χ1n) is 7.95. The minimum Gasteiger partial charge on any atom is -0.508 e. The van der Waals surface area contributed by atoms with E-state index in [0.29, 0.717) is 11.2 Å². The molecule has 0 radical (unpaired) electrons. The van der Waals surface area contributed by atoms with Gasteiger partial charge in [-0.2, -0.15) is 4.98 Å². The molecule has 124 valence electrons. The van der Waals surface area contributed by atoms with Gasteiger partial charge < -0.3 is 9.67 Å². The maximum Gasteiger partial charge on any atom is 0.290 e. The third-order valence-corrected chi connectivity index (χ3v) is 5.33. The Kier molecular flexibility index (Phi) is 3.86. The summed E-state index contributed by atoms with van der Waals surface area (Å²) in [5, 5.41) is 10.2. The van der Waals surface area contributed by atoms with Gasteiger partial charge in [-0.3, -0.25) is 4.79 Å². The van der Waals surface area contributed by atoms with E-state index in [2.05, 4.69) is 4.98 Å². The average Bonchev–Trinajstić information content (AvgIpc) is 3.07. The summed E-state index contributed by atoms with van der Waals surface area (Å²) >= 11 is 1.45. The lowest BCUT2D eigenvalue weighted by atomic mass is 10.1. The number of aryl methyl sites for hydroxylation is 1. The fourth-order valence-electron chi connectivity index (χ4n) is 2.85. The molecule has 2 heterocycles. The Labute approximate surface area is 148 Å². The summed E-state index contributed by atoms with van der Waals surface area (Å²) in [7, 11) is 0. The molecule has 0 aliphatic carbocycles. The molecule has 2 aromatic carbocycles. The Morgan fingerprint density at radius 1 is 1.12 bits per heavy atom. The second kappa shape index (κ2) is 6.18. The monoisotopic (exact) mass is 348 g/mol. The first-order chi connectivity index (χ1) is 12.1. The fourth-order valence-corrected chi connectivity index (χ4v) is 3.92. The van der Waals surface area contributed by atoms with Gasteiger partial charge in [0, 0.05) is 10.4 Å². The van der Waals surface area contributed by atoms with Crippen molar-refractivity contribution in [1.82, 2.24) is 9.55 Å². The Morgan fingerprint density at radius 3 is 2.68 bits per heavy atom. The van der Waals surface area contributed by atoms with Crippen molar-refractivity contribution < 1.29 is 5.11 Å². The summed E-state index contributed by atoms with van der Waals surface area (Å²) in [6.45, 7) is 2.40. The van der Waals surface area contributed by atoms with Gasteiger partial charge >= 0.3 is 0 Å². The fraction of sp³-hybridized carbons (Fsp3) is 0.100. The summed E-state index contributed by atoms with van der Waals surface area (Å²) in [5.41, 5.74) is 3.50. The van der Waals surface area contributed by atoms with Gasteiger partial charge in [-0.15, -0.1) is 11.3 Å². The minimum atomic E-state index is -0.216. The van der Waals surface area contributed by atoms with Gasteiger partial charge in [0.25, 0.3) is 5.56 Å². The van der Waals surface area contributed by atoms with E-state index in [1.807, 2.05) is 60.0 Å². The summed E-state index contributed by atoms with van der Waals surface area (Å²) in [6, 6.07) is 17.6. The van der Waals surface area contributed by atoms with Gasteiger partial charge in [0.05, 0.1) is 18.4 Å². The Hall–Kier alpha value is -2.92. The molecule has 0 bridgehead atoms. The molecule has 4 nitrogen and oxygen atoms in total. The number of nitrogens with zero attached hydrogens (tertiary/aromatic N) is 2. The zero-order chi connectivity index (χ0) is 17.4. The lowest BCUT2D eigenvalue weighted by molar-refractivity contribution is 0.465. The third kappa shape index (κ3) is 2.94. The van der Waals surface area contributed by atoms with Crippen LogP contribution in [0.3, 0.4) is 0 Å². The molecule has 0 amide bonds. The van der Waals surface area contributed by atoms with E-state index in [0.717, 1.165) is 27.1 Å². The summed E-state index contributed by atoms with van der Waals surface area (Å²) < 4.78 is 2.54. The van der Waals surface area contributed by atoms with E-state index in [1.165, 1.54) is 11.3 Å². The molecular weight excluding hydrogens is 332 g/mol. The van der Waals surface area contributed by atoms with Crippen molar-refractivity contribution >= 4 is 21.6 Å². The van der Waals surface area contributed by atoms with E-state index in [9.17, 15) is 9.90 Å². The lowest BCUT2D eigenvalue weighted by Crippen LogP contribution is -2.11. The molecule has 0 saturated heterocycles. The maximum atomic E-state index is 12.2. The highest BCUT2D eigenvalue weighted by atomic mass is 32.1. The molecule has 5 heteroatoms. The number of thiophene rings is 1. The van der Waals surface area contributed by atoms with Crippen LogP contribution in [0.4, 0.5) is 0 Å². The molecule has 0 unspecified atom stereocenters. The van der Waals surface area contributed by atoms with Crippen LogP contribution in [0.15, 0.2) is 65.7 Å². The quantitative estimate of drug-likeness (QED) is 0.604. The van der Waals surface area contributed by atoms with Crippen LogP contribution in [0.25, 0.3) is 20.7 Å². The number of phenols is 1. The average molecular weight is 348 g/mol. The van der Waals surface area contributed by atoms with Crippen LogP contribution in [0.5, 0.6) is 5.75 Å². The Balaban J connectivity index is 1.83. The Bertz CT molecular complexity index is 1110. The summed E-state index contributed by atoms with van der Waals surface area (Å²) in [6.07, 6.45) is 1.55. The van der Waals surface area contributed by atoms with Crippen LogP contribution in [-0.4, -0.2) is 14.7 Å². The van der Waals surface area contributed by atoms with Crippen molar-refractivity contribution in [3.05, 3.63) is 82.4 Å². The van der Waals surface area contributed by atoms with Crippen molar-refractivity contribution in [3.63, 3.8) is 0 Å². The molecule has 25 heavy (non-hydrogen) atoms. The van der Waals surface area contributed by atoms with Crippen LogP contribution < -0.4 is 5.56 Å². The highest BCUT2D eigenvalue weighted by Gasteiger charge is 2.12. The van der Waals surface area contributed by atoms with Gasteiger partial charge in [0.1, 0.15) is 10.4 Å². The topological polar surface area (TPSA) is 55.1 Å². The van der Waals surface area contributed by atoms with Gasteiger partial charge in [0.15, 0.2) is 0 Å². The van der Waals surface area contributed by atoms with E-state index in [-0.39, 0.29) is 11.3 Å². The van der Waals surface area contributed by atoms with E-state index in [4.69, 9.17) is 0 Å². The van der Waals surface area contributed by atoms with Gasteiger partial charge in [0.2, 0.25) is 0 Å². The normalized spacial score (nSPS) is 11.1. The van der Waals surface area contributed by atoms with Crippen molar-refractivity contribution in [2.45, 2.75) is 13.5 Å². The molecular formula is C20H16N2O2S. The van der Waals surface area contributed by atoms with Crippen molar-refractivity contribution in [2.24, 2.45) is 0 Å². The molecule has 0 spiro atoms. The predicted octanol–water partition coefficient (Wildman–Crippen LogP) is 4.19.